The van der Waals surface area contributed by atoms with E-state index < -0.39 is 12.1 Å². The van der Waals surface area contributed by atoms with Gasteiger partial charge in [-0.05, 0) is 122 Å². The molecule has 0 spiro atoms. The van der Waals surface area contributed by atoms with E-state index in [2.05, 4.69) is 142 Å². The molecule has 0 saturated carbocycles. The number of esters is 3. The lowest BCUT2D eigenvalue weighted by molar-refractivity contribution is -0.166. The lowest BCUT2D eigenvalue weighted by Gasteiger charge is -2.18. The number of hydrogen-bond donors (Lipinski definition) is 0. The molecule has 1 unspecified atom stereocenters. The van der Waals surface area contributed by atoms with Crippen molar-refractivity contribution in [1.82, 2.24) is 0 Å². The van der Waals surface area contributed by atoms with Crippen molar-refractivity contribution in [1.29, 1.82) is 0 Å². The van der Waals surface area contributed by atoms with Crippen LogP contribution in [-0.4, -0.2) is 37.2 Å². The first-order valence-corrected chi connectivity index (χ1v) is 29.2. The molecule has 0 fully saturated rings. The van der Waals surface area contributed by atoms with Gasteiger partial charge in [0, 0.05) is 19.3 Å². The van der Waals surface area contributed by atoms with Gasteiger partial charge in [-0.3, -0.25) is 14.4 Å². The molecule has 0 aliphatic heterocycles. The third-order valence-electron chi connectivity index (χ3n) is 11.9. The topological polar surface area (TPSA) is 78.9 Å². The zero-order valence-corrected chi connectivity index (χ0v) is 46.4. The number of rotatable bonds is 51. The van der Waals surface area contributed by atoms with Gasteiger partial charge in [-0.1, -0.05) is 238 Å². The minimum absolute atomic E-state index is 0.119. The largest absolute Gasteiger partial charge is 0.462 e. The molecule has 0 heterocycles. The van der Waals surface area contributed by atoms with Crippen LogP contribution in [0.3, 0.4) is 0 Å². The molecule has 0 bridgehead atoms. The Hall–Kier alpha value is -4.45. The van der Waals surface area contributed by atoms with Gasteiger partial charge in [0.15, 0.2) is 6.10 Å². The van der Waals surface area contributed by atoms with Crippen LogP contribution >= 0.6 is 0 Å². The van der Waals surface area contributed by atoms with Gasteiger partial charge in [0.2, 0.25) is 0 Å². The van der Waals surface area contributed by atoms with Crippen LogP contribution in [0.15, 0.2) is 134 Å². The van der Waals surface area contributed by atoms with Crippen molar-refractivity contribution in [2.75, 3.05) is 13.2 Å². The minimum Gasteiger partial charge on any atom is -0.462 e. The van der Waals surface area contributed by atoms with Crippen molar-refractivity contribution in [2.24, 2.45) is 0 Å². The first-order valence-electron chi connectivity index (χ1n) is 29.2. The van der Waals surface area contributed by atoms with Crippen LogP contribution < -0.4 is 0 Å². The normalized spacial score (nSPS) is 13.1. The van der Waals surface area contributed by atoms with E-state index in [1.807, 2.05) is 12.2 Å². The molecule has 6 nitrogen and oxygen atoms in total. The van der Waals surface area contributed by atoms with Gasteiger partial charge in [-0.25, -0.2) is 0 Å². The Morgan fingerprint density at radius 3 is 0.917 bits per heavy atom. The molecule has 0 saturated heterocycles. The molecular weight excluding hydrogens is 889 g/mol. The molecule has 0 amide bonds. The summed E-state index contributed by atoms with van der Waals surface area (Å²) in [4.78, 5) is 38.2. The van der Waals surface area contributed by atoms with Crippen molar-refractivity contribution >= 4 is 17.9 Å². The summed E-state index contributed by atoms with van der Waals surface area (Å²) in [5.41, 5.74) is 0. The first kappa shape index (κ1) is 67.5. The summed E-state index contributed by atoms with van der Waals surface area (Å²) in [6.45, 7) is 6.32. The second kappa shape index (κ2) is 59.1. The molecule has 0 aromatic rings. The third kappa shape index (κ3) is 56.5. The molecule has 0 rings (SSSR count). The van der Waals surface area contributed by atoms with Crippen LogP contribution in [0.1, 0.15) is 245 Å². The molecule has 0 aromatic carbocycles. The summed E-state index contributed by atoms with van der Waals surface area (Å²) in [6, 6.07) is 0. The Labute approximate surface area is 443 Å². The third-order valence-corrected chi connectivity index (χ3v) is 11.9. The van der Waals surface area contributed by atoms with Crippen molar-refractivity contribution in [3.8, 4) is 0 Å². The fourth-order valence-corrected chi connectivity index (χ4v) is 7.57. The Morgan fingerprint density at radius 1 is 0.292 bits per heavy atom. The number of carbonyl (C=O) groups is 3. The van der Waals surface area contributed by atoms with Crippen LogP contribution in [0.25, 0.3) is 0 Å². The SMILES string of the molecule is CC/C=C\C/C=C\C/C=C\C/C=C\C/C=C\C/C=C\CCC(=O)OC(COC(=O)CCCCCCC/C=C\CCCCCCC)COC(=O)CCCCCCCCCC/C=C\C/C=C\C/C=C\C/C=C\CC. The summed E-state index contributed by atoms with van der Waals surface area (Å²) in [5.74, 6) is -1.02. The number of allylic oxidation sites excluding steroid dienone is 22. The maximum absolute atomic E-state index is 12.8. The van der Waals surface area contributed by atoms with Gasteiger partial charge >= 0.3 is 17.9 Å². The fourth-order valence-electron chi connectivity index (χ4n) is 7.57. The smallest absolute Gasteiger partial charge is 0.306 e. The zero-order valence-electron chi connectivity index (χ0n) is 46.4. The van der Waals surface area contributed by atoms with E-state index in [9.17, 15) is 14.4 Å². The van der Waals surface area contributed by atoms with Gasteiger partial charge in [-0.15, -0.1) is 0 Å². The maximum atomic E-state index is 12.8. The molecule has 6 heteroatoms. The molecule has 0 aromatic heterocycles. The maximum Gasteiger partial charge on any atom is 0.306 e. The van der Waals surface area contributed by atoms with E-state index in [1.54, 1.807) is 0 Å². The Kier molecular flexibility index (Phi) is 55.5. The second-order valence-corrected chi connectivity index (χ2v) is 18.8. The van der Waals surface area contributed by atoms with Crippen molar-refractivity contribution < 1.29 is 28.6 Å². The lowest BCUT2D eigenvalue weighted by atomic mass is 10.1. The van der Waals surface area contributed by atoms with Gasteiger partial charge in [0.25, 0.3) is 0 Å². The predicted octanol–water partition coefficient (Wildman–Crippen LogP) is 19.8. The lowest BCUT2D eigenvalue weighted by Crippen LogP contribution is -2.30. The van der Waals surface area contributed by atoms with Crippen molar-refractivity contribution in [2.45, 2.75) is 252 Å². The summed E-state index contributed by atoms with van der Waals surface area (Å²) in [6.07, 6.45) is 83.1. The average Bonchev–Trinajstić information content (AvgIpc) is 3.38. The Bertz CT molecular complexity index is 1560. The highest BCUT2D eigenvalue weighted by atomic mass is 16.6. The minimum atomic E-state index is -0.831. The standard InChI is InChI=1S/C66H106O6/c1-4-7-10-13-16-19-22-25-28-30-32-33-35-36-38-41-44-47-50-53-56-59-65(68)71-62-63(61-70-64(67)58-55-52-49-46-43-40-27-24-21-18-15-12-9-6-3)72-66(69)60-57-54-51-48-45-42-39-37-34-31-29-26-23-20-17-14-11-8-5-2/h7-8,10-11,16-17,19-20,24-29,32-34,37,42,45,51,54,63H,4-6,9,12-15,18,21-23,30-31,35-36,38-41,43-44,46-50,52-53,55-62H2,1-3H3/b10-7-,11-8-,19-16-,20-17-,27-24-,28-25-,29-26-,33-32-,37-34-,45-42-,54-51-. The highest BCUT2D eigenvalue weighted by Gasteiger charge is 2.19. The van der Waals surface area contributed by atoms with Gasteiger partial charge in [-0.2, -0.15) is 0 Å². The van der Waals surface area contributed by atoms with Crippen LogP contribution in [0.4, 0.5) is 0 Å². The molecule has 0 radical (unpaired) electrons. The molecule has 0 N–H and O–H groups in total. The van der Waals surface area contributed by atoms with E-state index in [-0.39, 0.29) is 31.6 Å². The zero-order chi connectivity index (χ0) is 52.2. The molecule has 0 aliphatic carbocycles. The molecule has 406 valence electrons. The van der Waals surface area contributed by atoms with Crippen molar-refractivity contribution in [3.63, 3.8) is 0 Å². The highest BCUT2D eigenvalue weighted by Crippen LogP contribution is 2.14. The summed E-state index contributed by atoms with van der Waals surface area (Å²) < 4.78 is 16.8. The monoisotopic (exact) mass is 995 g/mol. The van der Waals surface area contributed by atoms with Gasteiger partial charge in [0.05, 0.1) is 0 Å². The summed E-state index contributed by atoms with van der Waals surface area (Å²) in [7, 11) is 0. The van der Waals surface area contributed by atoms with Crippen molar-refractivity contribution in [3.05, 3.63) is 134 Å². The molecule has 72 heavy (non-hydrogen) atoms. The average molecular weight is 996 g/mol. The Morgan fingerprint density at radius 2 is 0.569 bits per heavy atom. The molecule has 1 atom stereocenters. The quantitative estimate of drug-likeness (QED) is 0.0261. The summed E-state index contributed by atoms with van der Waals surface area (Å²) in [5, 5.41) is 0. The van der Waals surface area contributed by atoms with Gasteiger partial charge in [0.1, 0.15) is 13.2 Å². The Balaban J connectivity index is 4.52. The van der Waals surface area contributed by atoms with E-state index in [1.165, 1.54) is 77.0 Å². The number of hydrogen-bond acceptors (Lipinski definition) is 6. The van der Waals surface area contributed by atoms with E-state index in [0.717, 1.165) is 122 Å². The highest BCUT2D eigenvalue weighted by molar-refractivity contribution is 5.71. The molecular formula is C66H106O6. The number of ether oxygens (including phenoxy) is 3. The number of carbonyl (C=O) groups excluding carboxylic acids is 3. The van der Waals surface area contributed by atoms with Crippen LogP contribution in [-0.2, 0) is 28.6 Å². The van der Waals surface area contributed by atoms with E-state index in [4.69, 9.17) is 14.2 Å². The van der Waals surface area contributed by atoms with Crippen LogP contribution in [0.5, 0.6) is 0 Å². The van der Waals surface area contributed by atoms with E-state index in [0.29, 0.717) is 19.3 Å². The van der Waals surface area contributed by atoms with E-state index >= 15 is 0 Å². The van der Waals surface area contributed by atoms with Gasteiger partial charge < -0.3 is 14.2 Å². The van der Waals surface area contributed by atoms with Crippen LogP contribution in [0, 0.1) is 0 Å². The van der Waals surface area contributed by atoms with Crippen LogP contribution in [0.2, 0.25) is 0 Å². The fraction of sp³-hybridized carbons (Fsp3) is 0.621. The summed E-state index contributed by atoms with van der Waals surface area (Å²) >= 11 is 0. The molecule has 0 aliphatic rings. The second-order valence-electron chi connectivity index (χ2n) is 18.8. The first-order chi connectivity index (χ1) is 35.5. The number of unbranched alkanes of at least 4 members (excludes halogenated alkanes) is 18. The predicted molar refractivity (Wildman–Crippen MR) is 311 cm³/mol.